The average molecular weight is 298 g/mol. The molecule has 1 saturated heterocycles. The van der Waals surface area contributed by atoms with Crippen molar-refractivity contribution < 1.29 is 4.74 Å². The molecule has 1 aliphatic rings. The van der Waals surface area contributed by atoms with Crippen LogP contribution in [0.3, 0.4) is 0 Å². The van der Waals surface area contributed by atoms with E-state index in [9.17, 15) is 0 Å². The zero-order valence-corrected chi connectivity index (χ0v) is 11.6. The Balaban J connectivity index is 1.74. The molecule has 1 aliphatic heterocycles. The summed E-state index contributed by atoms with van der Waals surface area (Å²) in [4.78, 5) is 16.5. The van der Waals surface area contributed by atoms with Gasteiger partial charge in [0.2, 0.25) is 11.2 Å². The van der Waals surface area contributed by atoms with Crippen LogP contribution in [-0.2, 0) is 4.74 Å². The number of hydrogen-bond donors (Lipinski definition) is 0. The molecule has 6 nitrogen and oxygen atoms in total. The number of hydrogen-bond acceptors (Lipinski definition) is 6. The zero-order chi connectivity index (χ0) is 13.1. The van der Waals surface area contributed by atoms with Crippen LogP contribution in [0.2, 0.25) is 5.28 Å². The molecule has 0 bridgehead atoms. The van der Waals surface area contributed by atoms with Crippen LogP contribution in [-0.4, -0.2) is 43.0 Å². The van der Waals surface area contributed by atoms with E-state index in [-0.39, 0.29) is 11.4 Å². The smallest absolute Gasteiger partial charge is 0.240 e. The summed E-state index contributed by atoms with van der Waals surface area (Å²) in [6, 6.07) is 0. The van der Waals surface area contributed by atoms with Crippen molar-refractivity contribution >= 4 is 23.4 Å². The Labute approximate surface area is 119 Å². The lowest BCUT2D eigenvalue weighted by Gasteiger charge is -2.08. The standard InChI is InChI=1S/C11H12ClN5OS/c12-9-14-10(17-4-3-13-7-17)16-11(15-9)19-6-8-2-1-5-18-8/h3-4,7-8H,1-2,5-6H2. The predicted octanol–water partition coefficient (Wildman–Crippen LogP) is 1.98. The van der Waals surface area contributed by atoms with Crippen molar-refractivity contribution in [2.24, 2.45) is 0 Å². The van der Waals surface area contributed by atoms with E-state index >= 15 is 0 Å². The maximum Gasteiger partial charge on any atom is 0.240 e. The van der Waals surface area contributed by atoms with Crippen LogP contribution in [0.1, 0.15) is 12.8 Å². The first-order chi connectivity index (χ1) is 9.31. The van der Waals surface area contributed by atoms with E-state index in [1.807, 2.05) is 0 Å². The average Bonchev–Trinajstić information content (AvgIpc) is 3.09. The number of aromatic nitrogens is 5. The number of imidazole rings is 1. The molecular weight excluding hydrogens is 286 g/mol. The molecule has 0 amide bonds. The molecule has 0 saturated carbocycles. The van der Waals surface area contributed by atoms with Crippen molar-refractivity contribution in [2.75, 3.05) is 12.4 Å². The van der Waals surface area contributed by atoms with Gasteiger partial charge in [-0.25, -0.2) is 4.98 Å². The summed E-state index contributed by atoms with van der Waals surface area (Å²) in [5, 5.41) is 0.799. The monoisotopic (exact) mass is 297 g/mol. The van der Waals surface area contributed by atoms with E-state index in [1.54, 1.807) is 23.3 Å². The fraction of sp³-hybridized carbons (Fsp3) is 0.455. The molecule has 3 heterocycles. The summed E-state index contributed by atoms with van der Waals surface area (Å²) < 4.78 is 7.27. The molecule has 2 aromatic rings. The Morgan fingerprint density at radius 3 is 3.11 bits per heavy atom. The Bertz CT molecular complexity index is 544. The van der Waals surface area contributed by atoms with Crippen molar-refractivity contribution in [3.05, 3.63) is 24.0 Å². The zero-order valence-electron chi connectivity index (χ0n) is 10.1. The maximum absolute atomic E-state index is 5.92. The van der Waals surface area contributed by atoms with E-state index in [0.717, 1.165) is 25.2 Å². The first-order valence-electron chi connectivity index (χ1n) is 5.95. The lowest BCUT2D eigenvalue weighted by Crippen LogP contribution is -2.09. The molecular formula is C11H12ClN5OS. The number of halogens is 1. The molecule has 1 fully saturated rings. The van der Waals surface area contributed by atoms with Gasteiger partial charge < -0.3 is 4.74 Å². The van der Waals surface area contributed by atoms with Gasteiger partial charge >= 0.3 is 0 Å². The van der Waals surface area contributed by atoms with Gasteiger partial charge in [-0.05, 0) is 24.4 Å². The summed E-state index contributed by atoms with van der Waals surface area (Å²) in [5.41, 5.74) is 0. The lowest BCUT2D eigenvalue weighted by molar-refractivity contribution is 0.129. The van der Waals surface area contributed by atoms with Crippen LogP contribution in [0.15, 0.2) is 23.9 Å². The van der Waals surface area contributed by atoms with Gasteiger partial charge in [0.05, 0.1) is 6.10 Å². The van der Waals surface area contributed by atoms with Gasteiger partial charge in [0.25, 0.3) is 0 Å². The molecule has 100 valence electrons. The molecule has 0 spiro atoms. The van der Waals surface area contributed by atoms with Crippen LogP contribution in [0.4, 0.5) is 0 Å². The fourth-order valence-electron chi connectivity index (χ4n) is 1.82. The van der Waals surface area contributed by atoms with Crippen molar-refractivity contribution in [2.45, 2.75) is 24.1 Å². The minimum absolute atomic E-state index is 0.188. The second-order valence-electron chi connectivity index (χ2n) is 4.10. The highest BCUT2D eigenvalue weighted by molar-refractivity contribution is 7.99. The topological polar surface area (TPSA) is 65.7 Å². The number of thioether (sulfide) groups is 1. The highest BCUT2D eigenvalue weighted by atomic mass is 35.5. The molecule has 0 radical (unpaired) electrons. The van der Waals surface area contributed by atoms with Gasteiger partial charge in [0, 0.05) is 24.8 Å². The van der Waals surface area contributed by atoms with Crippen molar-refractivity contribution in [1.82, 2.24) is 24.5 Å². The molecule has 8 heteroatoms. The number of ether oxygens (including phenoxy) is 1. The second kappa shape index (κ2) is 5.85. The summed E-state index contributed by atoms with van der Waals surface area (Å²) >= 11 is 7.46. The molecule has 1 atom stereocenters. The summed E-state index contributed by atoms with van der Waals surface area (Å²) in [6.45, 7) is 0.851. The van der Waals surface area contributed by atoms with E-state index in [4.69, 9.17) is 16.3 Å². The molecule has 2 aromatic heterocycles. The SMILES string of the molecule is Clc1nc(SCC2CCCO2)nc(-n2ccnc2)n1. The van der Waals surface area contributed by atoms with Crippen LogP contribution in [0.5, 0.6) is 0 Å². The summed E-state index contributed by atoms with van der Waals surface area (Å²) in [6.07, 6.45) is 7.57. The van der Waals surface area contributed by atoms with Gasteiger partial charge in [0.1, 0.15) is 6.33 Å². The van der Waals surface area contributed by atoms with Crippen molar-refractivity contribution in [1.29, 1.82) is 0 Å². The third kappa shape index (κ3) is 3.23. The molecule has 0 aliphatic carbocycles. The van der Waals surface area contributed by atoms with Crippen LogP contribution in [0, 0.1) is 0 Å². The molecule has 0 aromatic carbocycles. The summed E-state index contributed by atoms with van der Waals surface area (Å²) in [7, 11) is 0. The summed E-state index contributed by atoms with van der Waals surface area (Å²) in [5.74, 6) is 1.32. The first-order valence-corrected chi connectivity index (χ1v) is 7.32. The molecule has 19 heavy (non-hydrogen) atoms. The van der Waals surface area contributed by atoms with Gasteiger partial charge in [0.15, 0.2) is 5.16 Å². The largest absolute Gasteiger partial charge is 0.377 e. The quantitative estimate of drug-likeness (QED) is 0.804. The molecule has 3 rings (SSSR count). The van der Waals surface area contributed by atoms with E-state index in [0.29, 0.717) is 11.1 Å². The van der Waals surface area contributed by atoms with E-state index in [1.165, 1.54) is 11.8 Å². The Hall–Kier alpha value is -1.18. The first kappa shape index (κ1) is 12.8. The normalized spacial score (nSPS) is 18.9. The van der Waals surface area contributed by atoms with Gasteiger partial charge in [-0.3, -0.25) is 4.57 Å². The highest BCUT2D eigenvalue weighted by Crippen LogP contribution is 2.22. The fourth-order valence-corrected chi connectivity index (χ4v) is 2.92. The van der Waals surface area contributed by atoms with Crippen molar-refractivity contribution in [3.63, 3.8) is 0 Å². The van der Waals surface area contributed by atoms with Gasteiger partial charge in [-0.2, -0.15) is 15.0 Å². The predicted molar refractivity (Wildman–Crippen MR) is 71.7 cm³/mol. The lowest BCUT2D eigenvalue weighted by atomic mass is 10.3. The minimum atomic E-state index is 0.188. The second-order valence-corrected chi connectivity index (χ2v) is 5.43. The van der Waals surface area contributed by atoms with Crippen LogP contribution >= 0.6 is 23.4 Å². The van der Waals surface area contributed by atoms with E-state index < -0.39 is 0 Å². The molecule has 1 unspecified atom stereocenters. The Morgan fingerprint density at radius 2 is 2.37 bits per heavy atom. The number of nitrogens with zero attached hydrogens (tertiary/aromatic N) is 5. The maximum atomic E-state index is 5.92. The highest BCUT2D eigenvalue weighted by Gasteiger charge is 2.17. The third-order valence-corrected chi connectivity index (χ3v) is 3.88. The third-order valence-electron chi connectivity index (χ3n) is 2.73. The molecule has 0 N–H and O–H groups in total. The van der Waals surface area contributed by atoms with Crippen LogP contribution in [0.25, 0.3) is 5.95 Å². The van der Waals surface area contributed by atoms with E-state index in [2.05, 4.69) is 19.9 Å². The van der Waals surface area contributed by atoms with Gasteiger partial charge in [-0.1, -0.05) is 11.8 Å². The number of rotatable bonds is 4. The van der Waals surface area contributed by atoms with Gasteiger partial charge in [-0.15, -0.1) is 0 Å². The Kier molecular flexibility index (Phi) is 3.95. The van der Waals surface area contributed by atoms with Crippen LogP contribution < -0.4 is 0 Å². The minimum Gasteiger partial charge on any atom is -0.377 e. The van der Waals surface area contributed by atoms with Crippen molar-refractivity contribution in [3.8, 4) is 5.95 Å². The Morgan fingerprint density at radius 1 is 1.42 bits per heavy atom.